The standard InChI is InChI=1S/C21H29N3O3/c1-2-16-5-7-17(8-6-16)19(25)9-10-20(26)23-12-3-4-18(15-23)24-13-11-22-14-21(24)27/h5-8,18,22H,2-4,9-15H2,1H3. The van der Waals surface area contributed by atoms with Crippen molar-refractivity contribution in [3.63, 3.8) is 0 Å². The van der Waals surface area contributed by atoms with Gasteiger partial charge in [-0.05, 0) is 24.8 Å². The number of amides is 2. The Kier molecular flexibility index (Phi) is 6.61. The molecule has 6 heteroatoms. The maximum Gasteiger partial charge on any atom is 0.236 e. The number of likely N-dealkylation sites (tertiary alicyclic amines) is 1. The first-order valence-electron chi connectivity index (χ1n) is 9.98. The highest BCUT2D eigenvalue weighted by Crippen LogP contribution is 2.18. The predicted octanol–water partition coefficient (Wildman–Crippen LogP) is 1.63. The number of hydrogen-bond donors (Lipinski definition) is 1. The second-order valence-corrected chi connectivity index (χ2v) is 7.37. The van der Waals surface area contributed by atoms with E-state index in [9.17, 15) is 14.4 Å². The summed E-state index contributed by atoms with van der Waals surface area (Å²) in [6.07, 6.45) is 3.26. The van der Waals surface area contributed by atoms with Crippen LogP contribution in [0.15, 0.2) is 24.3 Å². The first kappa shape index (κ1) is 19.5. The summed E-state index contributed by atoms with van der Waals surface area (Å²) < 4.78 is 0. The molecule has 0 aliphatic carbocycles. The van der Waals surface area contributed by atoms with Crippen LogP contribution in [0.4, 0.5) is 0 Å². The van der Waals surface area contributed by atoms with Gasteiger partial charge in [0.05, 0.1) is 6.54 Å². The Labute approximate surface area is 160 Å². The van der Waals surface area contributed by atoms with Crippen molar-refractivity contribution >= 4 is 17.6 Å². The molecule has 2 heterocycles. The van der Waals surface area contributed by atoms with Crippen molar-refractivity contribution in [2.45, 2.75) is 45.1 Å². The molecule has 2 saturated heterocycles. The Morgan fingerprint density at radius 1 is 1.15 bits per heavy atom. The van der Waals surface area contributed by atoms with Crippen molar-refractivity contribution in [2.75, 3.05) is 32.7 Å². The van der Waals surface area contributed by atoms with Crippen LogP contribution < -0.4 is 5.32 Å². The van der Waals surface area contributed by atoms with Crippen molar-refractivity contribution < 1.29 is 14.4 Å². The van der Waals surface area contributed by atoms with Gasteiger partial charge in [-0.15, -0.1) is 0 Å². The molecule has 6 nitrogen and oxygen atoms in total. The van der Waals surface area contributed by atoms with Gasteiger partial charge >= 0.3 is 0 Å². The minimum atomic E-state index is 0.0110. The number of carbonyl (C=O) groups is 3. The van der Waals surface area contributed by atoms with Gasteiger partial charge in [0.15, 0.2) is 5.78 Å². The molecule has 1 unspecified atom stereocenters. The van der Waals surface area contributed by atoms with E-state index in [0.717, 1.165) is 32.4 Å². The number of benzene rings is 1. The zero-order valence-electron chi connectivity index (χ0n) is 16.1. The minimum absolute atomic E-state index is 0.0110. The second-order valence-electron chi connectivity index (χ2n) is 7.37. The van der Waals surface area contributed by atoms with Gasteiger partial charge in [-0.2, -0.15) is 0 Å². The number of nitrogens with one attached hydrogen (secondary N) is 1. The van der Waals surface area contributed by atoms with Crippen molar-refractivity contribution in [3.8, 4) is 0 Å². The topological polar surface area (TPSA) is 69.7 Å². The van der Waals surface area contributed by atoms with E-state index < -0.39 is 0 Å². The monoisotopic (exact) mass is 371 g/mol. The number of carbonyl (C=O) groups excluding carboxylic acids is 3. The molecular formula is C21H29N3O3. The fourth-order valence-electron chi connectivity index (χ4n) is 3.89. The Balaban J connectivity index is 1.51. The van der Waals surface area contributed by atoms with Crippen LogP contribution in [0.2, 0.25) is 0 Å². The summed E-state index contributed by atoms with van der Waals surface area (Å²) >= 11 is 0. The molecule has 1 atom stereocenters. The average Bonchev–Trinajstić information content (AvgIpc) is 2.72. The molecule has 1 aromatic rings. The number of rotatable bonds is 6. The molecule has 2 aliphatic rings. The molecular weight excluding hydrogens is 342 g/mol. The summed E-state index contributed by atoms with van der Waals surface area (Å²) in [5.74, 6) is 0.143. The first-order valence-corrected chi connectivity index (χ1v) is 9.98. The molecule has 0 aromatic heterocycles. The van der Waals surface area contributed by atoms with Gasteiger partial charge in [0.1, 0.15) is 0 Å². The van der Waals surface area contributed by atoms with Gasteiger partial charge in [-0.25, -0.2) is 0 Å². The number of ketones is 1. The van der Waals surface area contributed by atoms with Crippen molar-refractivity contribution in [1.82, 2.24) is 15.1 Å². The Morgan fingerprint density at radius 3 is 2.63 bits per heavy atom. The summed E-state index contributed by atoms with van der Waals surface area (Å²) in [5.41, 5.74) is 1.87. The van der Waals surface area contributed by atoms with Crippen LogP contribution in [-0.2, 0) is 16.0 Å². The van der Waals surface area contributed by atoms with Crippen LogP contribution in [0, 0.1) is 0 Å². The maximum atomic E-state index is 12.6. The largest absolute Gasteiger partial charge is 0.341 e. The molecule has 2 amide bonds. The lowest BCUT2D eigenvalue weighted by Gasteiger charge is -2.41. The number of nitrogens with zero attached hydrogens (tertiary/aromatic N) is 2. The fourth-order valence-corrected chi connectivity index (χ4v) is 3.89. The smallest absolute Gasteiger partial charge is 0.236 e. The van der Waals surface area contributed by atoms with Gasteiger partial charge in [-0.1, -0.05) is 31.2 Å². The molecule has 2 aliphatic heterocycles. The third kappa shape index (κ3) is 4.95. The van der Waals surface area contributed by atoms with Crippen molar-refractivity contribution in [3.05, 3.63) is 35.4 Å². The summed E-state index contributed by atoms with van der Waals surface area (Å²) in [6, 6.07) is 7.73. The quantitative estimate of drug-likeness (QED) is 0.772. The lowest BCUT2D eigenvalue weighted by molar-refractivity contribution is -0.140. The maximum absolute atomic E-state index is 12.6. The van der Waals surface area contributed by atoms with Gasteiger partial charge in [0.2, 0.25) is 11.8 Å². The second kappa shape index (κ2) is 9.13. The van der Waals surface area contributed by atoms with E-state index in [1.165, 1.54) is 5.56 Å². The molecule has 2 fully saturated rings. The number of piperazine rings is 1. The van der Waals surface area contributed by atoms with E-state index in [1.807, 2.05) is 34.1 Å². The fraction of sp³-hybridized carbons (Fsp3) is 0.571. The van der Waals surface area contributed by atoms with E-state index in [0.29, 0.717) is 25.2 Å². The molecule has 0 bridgehead atoms. The summed E-state index contributed by atoms with van der Waals surface area (Å²) in [7, 11) is 0. The normalized spacial score (nSPS) is 20.6. The zero-order valence-corrected chi connectivity index (χ0v) is 16.1. The molecule has 0 spiro atoms. The molecule has 0 radical (unpaired) electrons. The van der Waals surface area contributed by atoms with E-state index in [-0.39, 0.29) is 36.5 Å². The summed E-state index contributed by atoms with van der Waals surface area (Å²) in [4.78, 5) is 40.8. The molecule has 1 aromatic carbocycles. The van der Waals surface area contributed by atoms with E-state index in [1.54, 1.807) is 0 Å². The van der Waals surface area contributed by atoms with E-state index in [2.05, 4.69) is 12.2 Å². The van der Waals surface area contributed by atoms with Crippen LogP contribution in [-0.4, -0.2) is 66.2 Å². The Hall–Kier alpha value is -2.21. The first-order chi connectivity index (χ1) is 13.1. The number of aryl methyl sites for hydroxylation is 1. The van der Waals surface area contributed by atoms with Gasteiger partial charge in [0.25, 0.3) is 0 Å². The van der Waals surface area contributed by atoms with Crippen molar-refractivity contribution in [2.24, 2.45) is 0 Å². The Morgan fingerprint density at radius 2 is 1.93 bits per heavy atom. The van der Waals surface area contributed by atoms with Gasteiger partial charge in [0, 0.05) is 50.6 Å². The number of hydrogen-bond acceptors (Lipinski definition) is 4. The molecule has 0 saturated carbocycles. The van der Waals surface area contributed by atoms with E-state index >= 15 is 0 Å². The summed E-state index contributed by atoms with van der Waals surface area (Å²) in [6.45, 7) is 5.28. The van der Waals surface area contributed by atoms with Crippen LogP contribution >= 0.6 is 0 Å². The zero-order chi connectivity index (χ0) is 19.2. The highest BCUT2D eigenvalue weighted by molar-refractivity contribution is 5.98. The molecule has 3 rings (SSSR count). The molecule has 27 heavy (non-hydrogen) atoms. The predicted molar refractivity (Wildman–Crippen MR) is 104 cm³/mol. The molecule has 1 N–H and O–H groups in total. The SMILES string of the molecule is CCc1ccc(C(=O)CCC(=O)N2CCCC(N3CCNCC3=O)C2)cc1. The van der Waals surface area contributed by atoms with Crippen molar-refractivity contribution in [1.29, 1.82) is 0 Å². The highest BCUT2D eigenvalue weighted by Gasteiger charge is 2.31. The molecule has 146 valence electrons. The van der Waals surface area contributed by atoms with Crippen LogP contribution in [0.25, 0.3) is 0 Å². The summed E-state index contributed by atoms with van der Waals surface area (Å²) in [5, 5.41) is 3.08. The number of piperidine rings is 1. The van der Waals surface area contributed by atoms with Crippen LogP contribution in [0.1, 0.15) is 48.5 Å². The van der Waals surface area contributed by atoms with Gasteiger partial charge in [-0.3, -0.25) is 14.4 Å². The lowest BCUT2D eigenvalue weighted by atomic mass is 10.0. The minimum Gasteiger partial charge on any atom is -0.341 e. The Bertz CT molecular complexity index is 686. The third-order valence-corrected chi connectivity index (χ3v) is 5.57. The van der Waals surface area contributed by atoms with Gasteiger partial charge < -0.3 is 15.1 Å². The van der Waals surface area contributed by atoms with E-state index in [4.69, 9.17) is 0 Å². The third-order valence-electron chi connectivity index (χ3n) is 5.57. The lowest BCUT2D eigenvalue weighted by Crippen LogP contribution is -2.57. The van der Waals surface area contributed by atoms with Crippen LogP contribution in [0.3, 0.4) is 0 Å². The highest BCUT2D eigenvalue weighted by atomic mass is 16.2. The average molecular weight is 371 g/mol. The van der Waals surface area contributed by atoms with Crippen LogP contribution in [0.5, 0.6) is 0 Å². The number of Topliss-reactive ketones (excluding diaryl/α,β-unsaturated/α-hetero) is 1.